The van der Waals surface area contributed by atoms with Crippen molar-refractivity contribution in [2.75, 3.05) is 7.11 Å². The smallest absolute Gasteiger partial charge is 0.189 e. The normalized spacial score (nSPS) is 10.8. The number of ketones is 1. The first kappa shape index (κ1) is 23.6. The molecule has 0 fully saturated rings. The van der Waals surface area contributed by atoms with Gasteiger partial charge in [0.05, 0.1) is 12.7 Å². The van der Waals surface area contributed by atoms with Gasteiger partial charge in [-0.1, -0.05) is 60.7 Å². The van der Waals surface area contributed by atoms with Gasteiger partial charge in [-0.05, 0) is 47.5 Å². The van der Waals surface area contributed by atoms with E-state index < -0.39 is 0 Å². The van der Waals surface area contributed by atoms with Crippen LogP contribution in [0.5, 0.6) is 23.0 Å². The van der Waals surface area contributed by atoms with E-state index in [-0.39, 0.29) is 17.1 Å². The standard InChI is InChI=1S/C30H26O5/c1-33-25-15-16-27(29(32)18-25)28(31)17-13-24-12-14-26(34-20-22-8-4-2-5-9-22)19-30(24)35-21-23-10-6-3-7-11-23/h2-19,32H,20-21H2,1H3/b17-13+. The summed E-state index contributed by atoms with van der Waals surface area (Å²) < 4.78 is 17.1. The third-order valence-corrected chi connectivity index (χ3v) is 5.36. The molecule has 0 spiro atoms. The fourth-order valence-electron chi connectivity index (χ4n) is 3.45. The van der Waals surface area contributed by atoms with Crippen LogP contribution in [0, 0.1) is 0 Å². The first-order chi connectivity index (χ1) is 17.1. The molecule has 0 radical (unpaired) electrons. The molecule has 5 nitrogen and oxygen atoms in total. The lowest BCUT2D eigenvalue weighted by Crippen LogP contribution is -2.00. The fraction of sp³-hybridized carbons (Fsp3) is 0.100. The predicted octanol–water partition coefficient (Wildman–Crippen LogP) is 6.45. The SMILES string of the molecule is COc1ccc(C(=O)/C=C/c2ccc(OCc3ccccc3)cc2OCc2ccccc2)c(O)c1. The van der Waals surface area contributed by atoms with Crippen LogP contribution in [0.1, 0.15) is 27.0 Å². The average molecular weight is 467 g/mol. The van der Waals surface area contributed by atoms with Gasteiger partial charge in [-0.15, -0.1) is 0 Å². The highest BCUT2D eigenvalue weighted by molar-refractivity contribution is 6.08. The van der Waals surface area contributed by atoms with E-state index in [1.807, 2.05) is 78.9 Å². The molecule has 5 heteroatoms. The number of phenols is 1. The van der Waals surface area contributed by atoms with Gasteiger partial charge in [0.15, 0.2) is 5.78 Å². The van der Waals surface area contributed by atoms with Gasteiger partial charge in [-0.25, -0.2) is 0 Å². The summed E-state index contributed by atoms with van der Waals surface area (Å²) in [5, 5.41) is 10.2. The summed E-state index contributed by atoms with van der Waals surface area (Å²) in [6, 6.07) is 29.8. The molecule has 0 atom stereocenters. The average Bonchev–Trinajstić information content (AvgIpc) is 2.91. The molecule has 35 heavy (non-hydrogen) atoms. The number of benzene rings is 4. The second kappa shape index (κ2) is 11.6. The van der Waals surface area contributed by atoms with Gasteiger partial charge in [0.25, 0.3) is 0 Å². The lowest BCUT2D eigenvalue weighted by Gasteiger charge is -2.13. The summed E-state index contributed by atoms with van der Waals surface area (Å²) in [5.41, 5.74) is 3.00. The quantitative estimate of drug-likeness (QED) is 0.215. The van der Waals surface area contributed by atoms with Crippen LogP contribution in [0.4, 0.5) is 0 Å². The second-order valence-corrected chi connectivity index (χ2v) is 7.83. The van der Waals surface area contributed by atoms with Crippen LogP contribution >= 0.6 is 0 Å². The molecule has 4 aromatic rings. The summed E-state index contributed by atoms with van der Waals surface area (Å²) >= 11 is 0. The van der Waals surface area contributed by atoms with Crippen LogP contribution in [0.15, 0.2) is 103 Å². The van der Waals surface area contributed by atoms with Gasteiger partial charge in [0, 0.05) is 17.7 Å². The van der Waals surface area contributed by atoms with E-state index in [4.69, 9.17) is 14.2 Å². The molecule has 4 aromatic carbocycles. The van der Waals surface area contributed by atoms with E-state index in [1.165, 1.54) is 25.3 Å². The Hall–Kier alpha value is -4.51. The zero-order valence-corrected chi connectivity index (χ0v) is 19.4. The number of hydrogen-bond acceptors (Lipinski definition) is 5. The molecule has 0 aliphatic carbocycles. The van der Waals surface area contributed by atoms with Crippen LogP contribution in [0.25, 0.3) is 6.08 Å². The molecule has 4 rings (SSSR count). The minimum atomic E-state index is -0.330. The van der Waals surface area contributed by atoms with E-state index in [0.29, 0.717) is 36.0 Å². The maximum Gasteiger partial charge on any atom is 0.189 e. The van der Waals surface area contributed by atoms with Gasteiger partial charge in [0.1, 0.15) is 36.2 Å². The molecule has 0 unspecified atom stereocenters. The van der Waals surface area contributed by atoms with Crippen molar-refractivity contribution in [3.8, 4) is 23.0 Å². The Bertz CT molecular complexity index is 1300. The Kier molecular flexibility index (Phi) is 7.81. The first-order valence-electron chi connectivity index (χ1n) is 11.2. The van der Waals surface area contributed by atoms with Crippen LogP contribution < -0.4 is 14.2 Å². The molecule has 0 heterocycles. The number of rotatable bonds is 10. The molecule has 0 aliphatic heterocycles. The second-order valence-electron chi connectivity index (χ2n) is 7.83. The van der Waals surface area contributed by atoms with Crippen molar-refractivity contribution in [1.29, 1.82) is 0 Å². The van der Waals surface area contributed by atoms with E-state index >= 15 is 0 Å². The summed E-state index contributed by atoms with van der Waals surface area (Å²) in [6.07, 6.45) is 3.09. The highest BCUT2D eigenvalue weighted by Gasteiger charge is 2.11. The molecule has 0 aromatic heterocycles. The maximum atomic E-state index is 12.7. The largest absolute Gasteiger partial charge is 0.507 e. The topological polar surface area (TPSA) is 65.0 Å². The first-order valence-corrected chi connectivity index (χ1v) is 11.2. The monoisotopic (exact) mass is 466 g/mol. The number of phenolic OH excluding ortho intramolecular Hbond substituents is 1. The van der Waals surface area contributed by atoms with Crippen LogP contribution in [0.2, 0.25) is 0 Å². The lowest BCUT2D eigenvalue weighted by atomic mass is 10.1. The van der Waals surface area contributed by atoms with E-state index in [2.05, 4.69) is 0 Å². The molecule has 176 valence electrons. The maximum absolute atomic E-state index is 12.7. The Balaban J connectivity index is 1.54. The minimum absolute atomic E-state index is 0.135. The van der Waals surface area contributed by atoms with Crippen molar-refractivity contribution >= 4 is 11.9 Å². The van der Waals surface area contributed by atoms with Gasteiger partial charge < -0.3 is 19.3 Å². The molecule has 0 saturated heterocycles. The zero-order valence-electron chi connectivity index (χ0n) is 19.4. The Morgan fingerprint density at radius 3 is 2.03 bits per heavy atom. The van der Waals surface area contributed by atoms with Gasteiger partial charge in [-0.2, -0.15) is 0 Å². The Labute approximate surface area is 204 Å². The van der Waals surface area contributed by atoms with Crippen molar-refractivity contribution in [2.24, 2.45) is 0 Å². The van der Waals surface area contributed by atoms with Crippen molar-refractivity contribution in [1.82, 2.24) is 0 Å². The van der Waals surface area contributed by atoms with Crippen molar-refractivity contribution in [3.63, 3.8) is 0 Å². The van der Waals surface area contributed by atoms with Crippen LogP contribution in [-0.4, -0.2) is 18.0 Å². The minimum Gasteiger partial charge on any atom is -0.507 e. The number of aromatic hydroxyl groups is 1. The molecule has 0 aliphatic rings. The van der Waals surface area contributed by atoms with Gasteiger partial charge >= 0.3 is 0 Å². The van der Waals surface area contributed by atoms with Crippen molar-refractivity contribution in [3.05, 3.63) is 125 Å². The highest BCUT2D eigenvalue weighted by atomic mass is 16.5. The molecular formula is C30H26O5. The van der Waals surface area contributed by atoms with Crippen molar-refractivity contribution in [2.45, 2.75) is 13.2 Å². The molecule has 1 N–H and O–H groups in total. The van der Waals surface area contributed by atoms with Gasteiger partial charge in [-0.3, -0.25) is 4.79 Å². The lowest BCUT2D eigenvalue weighted by molar-refractivity contribution is 0.104. The van der Waals surface area contributed by atoms with Crippen LogP contribution in [-0.2, 0) is 13.2 Å². The highest BCUT2D eigenvalue weighted by Crippen LogP contribution is 2.29. The number of carbonyl (C=O) groups excluding carboxylic acids is 1. The van der Waals surface area contributed by atoms with E-state index in [9.17, 15) is 9.90 Å². The number of hydrogen-bond donors (Lipinski definition) is 1. The Morgan fingerprint density at radius 2 is 1.40 bits per heavy atom. The van der Waals surface area contributed by atoms with Crippen LogP contribution in [0.3, 0.4) is 0 Å². The summed E-state index contributed by atoms with van der Waals surface area (Å²) in [5.74, 6) is 1.26. The molecular weight excluding hydrogens is 440 g/mol. The van der Waals surface area contributed by atoms with Gasteiger partial charge in [0.2, 0.25) is 0 Å². The number of ether oxygens (including phenoxy) is 3. The van der Waals surface area contributed by atoms with E-state index in [1.54, 1.807) is 12.1 Å². The molecule has 0 amide bonds. The number of allylic oxidation sites excluding steroid dienone is 1. The molecule has 0 saturated carbocycles. The predicted molar refractivity (Wildman–Crippen MR) is 136 cm³/mol. The third-order valence-electron chi connectivity index (χ3n) is 5.36. The third kappa shape index (κ3) is 6.51. The number of carbonyl (C=O) groups is 1. The van der Waals surface area contributed by atoms with Crippen molar-refractivity contribution < 1.29 is 24.1 Å². The number of methoxy groups -OCH3 is 1. The summed E-state index contributed by atoms with van der Waals surface area (Å²) in [4.78, 5) is 12.7. The Morgan fingerprint density at radius 1 is 0.771 bits per heavy atom. The molecule has 0 bridgehead atoms. The summed E-state index contributed by atoms with van der Waals surface area (Å²) in [7, 11) is 1.50. The summed E-state index contributed by atoms with van der Waals surface area (Å²) in [6.45, 7) is 0.806. The van der Waals surface area contributed by atoms with E-state index in [0.717, 1.165) is 11.1 Å². The fourth-order valence-corrected chi connectivity index (χ4v) is 3.45. The zero-order chi connectivity index (χ0) is 24.5.